The Hall–Kier alpha value is -2.77. The Balaban J connectivity index is 2.06. The predicted molar refractivity (Wildman–Crippen MR) is 102 cm³/mol. The second kappa shape index (κ2) is 6.19. The van der Waals surface area contributed by atoms with Crippen molar-refractivity contribution in [2.75, 3.05) is 6.54 Å². The monoisotopic (exact) mass is 369 g/mol. The average Bonchev–Trinajstić information content (AvgIpc) is 3.13. The van der Waals surface area contributed by atoms with E-state index >= 15 is 0 Å². The highest BCUT2D eigenvalue weighted by Crippen LogP contribution is 2.39. The topological polar surface area (TPSA) is 92.0 Å². The van der Waals surface area contributed by atoms with Crippen molar-refractivity contribution in [2.45, 2.75) is 12.8 Å². The Kier molecular flexibility index (Phi) is 3.97. The van der Waals surface area contributed by atoms with Crippen molar-refractivity contribution >= 4 is 32.3 Å². The molecule has 0 spiro atoms. The number of hydrogen-bond donors (Lipinski definition) is 3. The third kappa shape index (κ3) is 2.48. The van der Waals surface area contributed by atoms with Gasteiger partial charge in [0.2, 0.25) is 11.8 Å². The molecule has 0 bridgehead atoms. The molecule has 26 heavy (non-hydrogen) atoms. The lowest BCUT2D eigenvalue weighted by Gasteiger charge is -2.13. The van der Waals surface area contributed by atoms with Gasteiger partial charge in [0.1, 0.15) is 10.2 Å². The summed E-state index contributed by atoms with van der Waals surface area (Å²) in [4.78, 5) is 18.3. The number of pyridine rings is 2. The molecule has 0 saturated carbocycles. The van der Waals surface area contributed by atoms with Crippen molar-refractivity contribution in [1.29, 1.82) is 0 Å². The summed E-state index contributed by atoms with van der Waals surface area (Å²) in [5.41, 5.74) is 7.49. The van der Waals surface area contributed by atoms with Crippen LogP contribution in [-0.2, 0) is 0 Å². The van der Waals surface area contributed by atoms with Crippen LogP contribution in [0.4, 0.5) is 4.39 Å². The number of rotatable bonds is 3. The van der Waals surface area contributed by atoms with Gasteiger partial charge >= 0.3 is 0 Å². The van der Waals surface area contributed by atoms with Crippen LogP contribution in [0.3, 0.4) is 0 Å². The van der Waals surface area contributed by atoms with Crippen LogP contribution in [-0.4, -0.2) is 21.6 Å². The highest BCUT2D eigenvalue weighted by molar-refractivity contribution is 7.17. The minimum absolute atomic E-state index is 0.00639. The van der Waals surface area contributed by atoms with E-state index in [1.807, 2.05) is 31.2 Å². The van der Waals surface area contributed by atoms with Gasteiger partial charge in [-0.15, -0.1) is 11.3 Å². The van der Waals surface area contributed by atoms with Gasteiger partial charge in [-0.2, -0.15) is 9.37 Å². The minimum atomic E-state index is -0.903. The molecule has 0 radical (unpaired) electrons. The fourth-order valence-electron chi connectivity index (χ4n) is 3.17. The van der Waals surface area contributed by atoms with Crippen molar-refractivity contribution < 1.29 is 9.50 Å². The van der Waals surface area contributed by atoms with E-state index < -0.39 is 11.8 Å². The van der Waals surface area contributed by atoms with Crippen molar-refractivity contribution in [2.24, 2.45) is 5.73 Å². The summed E-state index contributed by atoms with van der Waals surface area (Å²) >= 11 is 1.27. The van der Waals surface area contributed by atoms with Gasteiger partial charge in [-0.1, -0.05) is 31.2 Å². The standard InChI is InChI=1S/C19H16FN3O2S/c1-9(8-21)10-2-4-11(5-3-10)13-14-12-6-7-26-16(12)19(25)22-15(14)17(20)23-18(13)24/h2-7,9H,8,21H2,1H3,(H,22,25)(H,23,24)/t9-/m0/s1. The van der Waals surface area contributed by atoms with Gasteiger partial charge in [-0.05, 0) is 35.0 Å². The summed E-state index contributed by atoms with van der Waals surface area (Å²) < 4.78 is 14.8. The molecule has 0 aliphatic heterocycles. The third-order valence-corrected chi connectivity index (χ3v) is 5.55. The zero-order chi connectivity index (χ0) is 18.4. The number of aromatic hydroxyl groups is 1. The normalized spacial score (nSPS) is 12.7. The van der Waals surface area contributed by atoms with E-state index in [1.54, 1.807) is 11.4 Å². The Labute approximate surface area is 151 Å². The van der Waals surface area contributed by atoms with Gasteiger partial charge in [0, 0.05) is 10.8 Å². The number of thiophene rings is 1. The second-order valence-electron chi connectivity index (χ2n) is 6.23. The summed E-state index contributed by atoms with van der Waals surface area (Å²) in [6.07, 6.45) is 0. The molecule has 3 heterocycles. The SMILES string of the molecule is C[C@@H](CN)c1ccc(-c2c(O)nc(F)c3[nH]c(=O)c4sccc4c23)cc1. The van der Waals surface area contributed by atoms with Crippen LogP contribution in [0.2, 0.25) is 0 Å². The summed E-state index contributed by atoms with van der Waals surface area (Å²) in [5.74, 6) is -1.10. The summed E-state index contributed by atoms with van der Waals surface area (Å²) in [7, 11) is 0. The molecule has 0 fully saturated rings. The van der Waals surface area contributed by atoms with Crippen LogP contribution < -0.4 is 11.3 Å². The Morgan fingerprint density at radius 1 is 1.31 bits per heavy atom. The molecule has 132 valence electrons. The van der Waals surface area contributed by atoms with Crippen molar-refractivity contribution in [1.82, 2.24) is 9.97 Å². The maximum absolute atomic E-state index is 14.3. The molecule has 0 amide bonds. The smallest absolute Gasteiger partial charge is 0.266 e. The van der Waals surface area contributed by atoms with Gasteiger partial charge in [-0.25, -0.2) is 0 Å². The summed E-state index contributed by atoms with van der Waals surface area (Å²) in [6.45, 7) is 2.56. The average molecular weight is 369 g/mol. The maximum Gasteiger partial charge on any atom is 0.266 e. The zero-order valence-electron chi connectivity index (χ0n) is 13.9. The fraction of sp³-hybridized carbons (Fsp3) is 0.158. The molecular weight excluding hydrogens is 353 g/mol. The number of benzene rings is 1. The fourth-order valence-corrected chi connectivity index (χ4v) is 3.96. The highest BCUT2D eigenvalue weighted by Gasteiger charge is 2.20. The first-order valence-electron chi connectivity index (χ1n) is 8.13. The number of hydrogen-bond acceptors (Lipinski definition) is 5. The van der Waals surface area contributed by atoms with E-state index in [1.165, 1.54) is 11.3 Å². The lowest BCUT2D eigenvalue weighted by atomic mass is 9.95. The zero-order valence-corrected chi connectivity index (χ0v) is 14.7. The first kappa shape index (κ1) is 16.7. The first-order valence-corrected chi connectivity index (χ1v) is 9.01. The van der Waals surface area contributed by atoms with E-state index in [4.69, 9.17) is 5.73 Å². The van der Waals surface area contributed by atoms with Crippen LogP contribution in [0.25, 0.3) is 32.1 Å². The number of halogens is 1. The minimum Gasteiger partial charge on any atom is -0.493 e. The third-order valence-electron chi connectivity index (χ3n) is 4.64. The van der Waals surface area contributed by atoms with E-state index in [-0.39, 0.29) is 17.0 Å². The quantitative estimate of drug-likeness (QED) is 0.480. The van der Waals surface area contributed by atoms with Crippen molar-refractivity contribution in [3.8, 4) is 17.0 Å². The number of nitrogens with two attached hydrogens (primary N) is 1. The van der Waals surface area contributed by atoms with Gasteiger partial charge in [0.05, 0.1) is 5.56 Å². The van der Waals surface area contributed by atoms with Crippen LogP contribution in [0, 0.1) is 5.95 Å². The second-order valence-corrected chi connectivity index (χ2v) is 7.14. The number of fused-ring (bicyclic) bond motifs is 3. The molecule has 3 aromatic heterocycles. The number of aromatic amines is 1. The van der Waals surface area contributed by atoms with E-state index in [9.17, 15) is 14.3 Å². The molecule has 0 unspecified atom stereocenters. The molecule has 0 aliphatic carbocycles. The molecular formula is C19H16FN3O2S. The van der Waals surface area contributed by atoms with Gasteiger partial charge in [-0.3, -0.25) is 4.79 Å². The Morgan fingerprint density at radius 3 is 2.73 bits per heavy atom. The van der Waals surface area contributed by atoms with Gasteiger partial charge in [0.25, 0.3) is 5.56 Å². The number of nitrogens with one attached hydrogen (secondary N) is 1. The van der Waals surface area contributed by atoms with Gasteiger partial charge < -0.3 is 15.8 Å². The van der Waals surface area contributed by atoms with E-state index in [0.717, 1.165) is 5.56 Å². The highest BCUT2D eigenvalue weighted by atomic mass is 32.1. The lowest BCUT2D eigenvalue weighted by molar-refractivity contribution is 0.440. The summed E-state index contributed by atoms with van der Waals surface area (Å²) in [6, 6.07) is 9.30. The van der Waals surface area contributed by atoms with E-state index in [2.05, 4.69) is 9.97 Å². The number of nitrogens with zero attached hydrogens (tertiary/aromatic N) is 1. The van der Waals surface area contributed by atoms with Crippen molar-refractivity contribution in [3.63, 3.8) is 0 Å². The molecule has 1 aromatic carbocycles. The maximum atomic E-state index is 14.3. The molecule has 7 heteroatoms. The van der Waals surface area contributed by atoms with Gasteiger partial charge in [0.15, 0.2) is 0 Å². The Bertz CT molecular complexity index is 1180. The molecule has 4 N–H and O–H groups in total. The number of H-pyrrole nitrogens is 1. The van der Waals surface area contributed by atoms with Crippen molar-refractivity contribution in [3.05, 3.63) is 57.6 Å². The largest absolute Gasteiger partial charge is 0.493 e. The first-order chi connectivity index (χ1) is 12.5. The number of aromatic nitrogens is 2. The molecule has 0 aliphatic rings. The molecule has 0 saturated heterocycles. The van der Waals surface area contributed by atoms with Crippen LogP contribution in [0.15, 0.2) is 40.5 Å². The molecule has 5 nitrogen and oxygen atoms in total. The predicted octanol–water partition coefficient (Wildman–Crippen LogP) is 3.71. The van der Waals surface area contributed by atoms with Crippen LogP contribution in [0.5, 0.6) is 5.88 Å². The van der Waals surface area contributed by atoms with Crippen LogP contribution >= 0.6 is 11.3 Å². The van der Waals surface area contributed by atoms with Crippen LogP contribution in [0.1, 0.15) is 18.4 Å². The lowest BCUT2D eigenvalue weighted by Crippen LogP contribution is -2.08. The molecule has 1 atom stereocenters. The molecule has 4 aromatic rings. The Morgan fingerprint density at radius 2 is 2.04 bits per heavy atom. The molecule has 4 rings (SSSR count). The van der Waals surface area contributed by atoms with E-state index in [0.29, 0.717) is 33.1 Å². The summed E-state index contributed by atoms with van der Waals surface area (Å²) in [5, 5.41) is 13.2.